The van der Waals surface area contributed by atoms with Gasteiger partial charge in [-0.3, -0.25) is 0 Å². The molecule has 130 valence electrons. The summed E-state index contributed by atoms with van der Waals surface area (Å²) in [6, 6.07) is 8.48. The van der Waals surface area contributed by atoms with E-state index >= 15 is 0 Å². The van der Waals surface area contributed by atoms with Crippen LogP contribution in [0.3, 0.4) is 0 Å². The maximum atomic E-state index is 5.78. The number of fused-ring (bicyclic) bond motifs is 1. The first-order valence-electron chi connectivity index (χ1n) is 8.65. The van der Waals surface area contributed by atoms with Crippen LogP contribution in [0.2, 0.25) is 0 Å². The van der Waals surface area contributed by atoms with Crippen LogP contribution in [-0.4, -0.2) is 40.4 Å². The van der Waals surface area contributed by atoms with Gasteiger partial charge < -0.3 is 15.4 Å². The minimum atomic E-state index is 0.244. The Balaban J connectivity index is 1.76. The maximum Gasteiger partial charge on any atom is 0.137 e. The normalized spacial score (nSPS) is 18.0. The highest BCUT2D eigenvalue weighted by Crippen LogP contribution is 2.28. The standard InChI is InChI=1S/C19H23N5O/c1-13-7-15(3-4-16(13)9-20)19-18-8-17(11-24(18)22-12-21-19)23-5-6-25-14(2)10-23/h3-4,7-8,11-12,14H,5-6,9-10,20H2,1-2H3. The zero-order chi connectivity index (χ0) is 17.4. The van der Waals surface area contributed by atoms with Gasteiger partial charge >= 0.3 is 0 Å². The molecule has 0 spiro atoms. The van der Waals surface area contributed by atoms with E-state index < -0.39 is 0 Å². The van der Waals surface area contributed by atoms with Gasteiger partial charge in [0.1, 0.15) is 6.33 Å². The molecule has 3 aromatic rings. The monoisotopic (exact) mass is 337 g/mol. The molecule has 0 saturated carbocycles. The summed E-state index contributed by atoms with van der Waals surface area (Å²) < 4.78 is 7.55. The second-order valence-corrected chi connectivity index (χ2v) is 6.61. The third-order valence-corrected chi connectivity index (χ3v) is 4.83. The lowest BCUT2D eigenvalue weighted by Gasteiger charge is -2.31. The van der Waals surface area contributed by atoms with Crippen LogP contribution < -0.4 is 10.6 Å². The Bertz CT molecular complexity index is 904. The highest BCUT2D eigenvalue weighted by molar-refractivity contribution is 5.80. The van der Waals surface area contributed by atoms with Gasteiger partial charge in [-0.15, -0.1) is 0 Å². The third-order valence-electron chi connectivity index (χ3n) is 4.83. The van der Waals surface area contributed by atoms with E-state index in [1.807, 2.05) is 4.52 Å². The molecule has 0 amide bonds. The van der Waals surface area contributed by atoms with Crippen LogP contribution in [0, 0.1) is 6.92 Å². The smallest absolute Gasteiger partial charge is 0.137 e. The number of nitrogens with zero attached hydrogens (tertiary/aromatic N) is 4. The van der Waals surface area contributed by atoms with E-state index in [2.05, 4.69) is 59.3 Å². The zero-order valence-electron chi connectivity index (χ0n) is 14.6. The van der Waals surface area contributed by atoms with Crippen molar-refractivity contribution in [3.8, 4) is 11.3 Å². The summed E-state index contributed by atoms with van der Waals surface area (Å²) in [6.45, 7) is 7.29. The van der Waals surface area contributed by atoms with Gasteiger partial charge in [-0.2, -0.15) is 5.10 Å². The second-order valence-electron chi connectivity index (χ2n) is 6.61. The largest absolute Gasteiger partial charge is 0.375 e. The van der Waals surface area contributed by atoms with Crippen molar-refractivity contribution in [1.82, 2.24) is 14.6 Å². The van der Waals surface area contributed by atoms with Crippen molar-refractivity contribution in [3.63, 3.8) is 0 Å². The number of hydrogen-bond donors (Lipinski definition) is 1. The molecule has 1 saturated heterocycles. The van der Waals surface area contributed by atoms with Crippen LogP contribution in [0.1, 0.15) is 18.1 Å². The molecular formula is C19H23N5O. The second kappa shape index (κ2) is 6.46. The van der Waals surface area contributed by atoms with E-state index in [-0.39, 0.29) is 6.10 Å². The molecule has 1 fully saturated rings. The number of benzene rings is 1. The Morgan fingerprint density at radius 2 is 2.20 bits per heavy atom. The summed E-state index contributed by atoms with van der Waals surface area (Å²) >= 11 is 0. The zero-order valence-corrected chi connectivity index (χ0v) is 14.6. The number of hydrogen-bond acceptors (Lipinski definition) is 5. The lowest BCUT2D eigenvalue weighted by atomic mass is 10.0. The average molecular weight is 337 g/mol. The summed E-state index contributed by atoms with van der Waals surface area (Å²) in [5, 5.41) is 4.39. The minimum Gasteiger partial charge on any atom is -0.375 e. The third kappa shape index (κ3) is 2.99. The fourth-order valence-corrected chi connectivity index (χ4v) is 3.44. The lowest BCUT2D eigenvalue weighted by Crippen LogP contribution is -2.40. The molecule has 0 aliphatic carbocycles. The SMILES string of the molecule is Cc1cc(-c2ncnn3cc(N4CCOC(C)C4)cc23)ccc1CN. The van der Waals surface area contributed by atoms with Gasteiger partial charge in [0.15, 0.2) is 0 Å². The highest BCUT2D eigenvalue weighted by Gasteiger charge is 2.19. The van der Waals surface area contributed by atoms with E-state index in [1.165, 1.54) is 5.56 Å². The summed E-state index contributed by atoms with van der Waals surface area (Å²) in [4.78, 5) is 6.88. The minimum absolute atomic E-state index is 0.244. The number of ether oxygens (including phenoxy) is 1. The van der Waals surface area contributed by atoms with E-state index in [9.17, 15) is 0 Å². The van der Waals surface area contributed by atoms with Crippen molar-refractivity contribution in [2.75, 3.05) is 24.6 Å². The van der Waals surface area contributed by atoms with Crippen LogP contribution in [0.4, 0.5) is 5.69 Å². The molecule has 0 bridgehead atoms. The molecular weight excluding hydrogens is 314 g/mol. The molecule has 1 aromatic carbocycles. The topological polar surface area (TPSA) is 68.7 Å². The van der Waals surface area contributed by atoms with Gasteiger partial charge in [-0.05, 0) is 37.1 Å². The molecule has 2 N–H and O–H groups in total. The predicted octanol–water partition coefficient (Wildman–Crippen LogP) is 2.39. The van der Waals surface area contributed by atoms with Crippen LogP contribution in [0.25, 0.3) is 16.8 Å². The van der Waals surface area contributed by atoms with Crippen LogP contribution in [0.15, 0.2) is 36.8 Å². The van der Waals surface area contributed by atoms with E-state index in [0.717, 1.165) is 47.7 Å². The molecule has 1 aliphatic rings. The van der Waals surface area contributed by atoms with Crippen LogP contribution >= 0.6 is 0 Å². The molecule has 4 rings (SSSR count). The van der Waals surface area contributed by atoms with Crippen molar-refractivity contribution < 1.29 is 4.74 Å². The maximum absolute atomic E-state index is 5.78. The van der Waals surface area contributed by atoms with Crippen LogP contribution in [0.5, 0.6) is 0 Å². The van der Waals surface area contributed by atoms with Crippen LogP contribution in [-0.2, 0) is 11.3 Å². The molecule has 6 nitrogen and oxygen atoms in total. The Morgan fingerprint density at radius 3 is 2.96 bits per heavy atom. The van der Waals surface area contributed by atoms with E-state index in [4.69, 9.17) is 10.5 Å². The number of aryl methyl sites for hydroxylation is 1. The summed E-state index contributed by atoms with van der Waals surface area (Å²) in [5.41, 5.74) is 12.3. The Labute approximate surface area is 147 Å². The Hall–Kier alpha value is -2.44. The number of rotatable bonds is 3. The quantitative estimate of drug-likeness (QED) is 0.795. The van der Waals surface area contributed by atoms with Gasteiger partial charge in [0.25, 0.3) is 0 Å². The van der Waals surface area contributed by atoms with Crippen molar-refractivity contribution in [2.24, 2.45) is 5.73 Å². The van der Waals surface area contributed by atoms with E-state index in [0.29, 0.717) is 6.54 Å². The number of aromatic nitrogens is 3. The Kier molecular flexibility index (Phi) is 4.15. The van der Waals surface area contributed by atoms with Crippen molar-refractivity contribution in [3.05, 3.63) is 47.9 Å². The fourth-order valence-electron chi connectivity index (χ4n) is 3.44. The van der Waals surface area contributed by atoms with Crippen molar-refractivity contribution >= 4 is 11.2 Å². The summed E-state index contributed by atoms with van der Waals surface area (Å²) in [6.07, 6.45) is 3.92. The highest BCUT2D eigenvalue weighted by atomic mass is 16.5. The molecule has 0 radical (unpaired) electrons. The van der Waals surface area contributed by atoms with Crippen molar-refractivity contribution in [2.45, 2.75) is 26.5 Å². The molecule has 3 heterocycles. The van der Waals surface area contributed by atoms with Gasteiger partial charge in [-0.1, -0.05) is 12.1 Å². The first-order valence-corrected chi connectivity index (χ1v) is 8.65. The molecule has 6 heteroatoms. The summed E-state index contributed by atoms with van der Waals surface area (Å²) in [7, 11) is 0. The molecule has 1 atom stereocenters. The predicted molar refractivity (Wildman–Crippen MR) is 98.7 cm³/mol. The van der Waals surface area contributed by atoms with E-state index in [1.54, 1.807) is 6.33 Å². The number of nitrogens with two attached hydrogens (primary N) is 1. The first kappa shape index (κ1) is 16.1. The number of anilines is 1. The Morgan fingerprint density at radius 1 is 1.32 bits per heavy atom. The van der Waals surface area contributed by atoms with Gasteiger partial charge in [0.05, 0.1) is 35.8 Å². The average Bonchev–Trinajstić information content (AvgIpc) is 3.06. The fraction of sp³-hybridized carbons (Fsp3) is 0.368. The molecule has 1 unspecified atom stereocenters. The lowest BCUT2D eigenvalue weighted by molar-refractivity contribution is 0.0532. The molecule has 25 heavy (non-hydrogen) atoms. The van der Waals surface area contributed by atoms with Crippen molar-refractivity contribution in [1.29, 1.82) is 0 Å². The molecule has 2 aromatic heterocycles. The molecule has 1 aliphatic heterocycles. The van der Waals surface area contributed by atoms with Gasteiger partial charge in [0, 0.05) is 25.2 Å². The van der Waals surface area contributed by atoms with Gasteiger partial charge in [-0.25, -0.2) is 9.50 Å². The number of morpholine rings is 1. The summed E-state index contributed by atoms with van der Waals surface area (Å²) in [5.74, 6) is 0. The first-order chi connectivity index (χ1) is 12.2. The van der Waals surface area contributed by atoms with Gasteiger partial charge in [0.2, 0.25) is 0 Å².